The van der Waals surface area contributed by atoms with Gasteiger partial charge in [0.2, 0.25) is 0 Å². The highest BCUT2D eigenvalue weighted by atomic mass is 16.3. The highest BCUT2D eigenvalue weighted by Crippen LogP contribution is 2.44. The summed E-state index contributed by atoms with van der Waals surface area (Å²) in [5, 5.41) is 9.72. The summed E-state index contributed by atoms with van der Waals surface area (Å²) in [6.45, 7) is 0. The molecule has 0 unspecified atom stereocenters. The van der Waals surface area contributed by atoms with E-state index in [2.05, 4.69) is 157 Å². The molecule has 44 heavy (non-hydrogen) atoms. The van der Waals surface area contributed by atoms with Crippen LogP contribution in [0.5, 0.6) is 0 Å². The molecule has 206 valence electrons. The first-order valence-corrected chi connectivity index (χ1v) is 15.0. The number of hydrogen-bond donors (Lipinski definition) is 0. The molecule has 0 N–H and O–H groups in total. The minimum Gasteiger partial charge on any atom is -0.456 e. The van der Waals surface area contributed by atoms with E-state index in [-0.39, 0.29) is 0 Å². The molecule has 1 heterocycles. The van der Waals surface area contributed by atoms with E-state index in [4.69, 9.17) is 4.42 Å². The summed E-state index contributed by atoms with van der Waals surface area (Å²) in [7, 11) is 0. The van der Waals surface area contributed by atoms with Crippen molar-refractivity contribution < 1.29 is 4.42 Å². The number of anilines is 3. The molecule has 0 amide bonds. The number of nitrogens with zero attached hydrogens (tertiary/aromatic N) is 1. The van der Waals surface area contributed by atoms with Crippen molar-refractivity contribution in [1.82, 2.24) is 0 Å². The zero-order chi connectivity index (χ0) is 29.0. The Bertz CT molecular complexity index is 2490. The topological polar surface area (TPSA) is 16.4 Å². The van der Waals surface area contributed by atoms with Crippen molar-refractivity contribution in [2.75, 3.05) is 4.90 Å². The molecule has 0 fully saturated rings. The Morgan fingerprint density at radius 3 is 1.91 bits per heavy atom. The van der Waals surface area contributed by atoms with Gasteiger partial charge in [0.1, 0.15) is 11.2 Å². The van der Waals surface area contributed by atoms with Gasteiger partial charge in [-0.1, -0.05) is 121 Å². The number of furan rings is 1. The van der Waals surface area contributed by atoms with E-state index >= 15 is 0 Å². The van der Waals surface area contributed by atoms with E-state index in [1.54, 1.807) is 0 Å². The lowest BCUT2D eigenvalue weighted by Gasteiger charge is -2.28. The molecule has 0 aliphatic carbocycles. The first kappa shape index (κ1) is 24.7. The maximum absolute atomic E-state index is 6.21. The predicted octanol–water partition coefficient (Wildman–Crippen LogP) is 12.2. The number of fused-ring (bicyclic) bond motifs is 8. The van der Waals surface area contributed by atoms with Crippen molar-refractivity contribution in [2.24, 2.45) is 0 Å². The van der Waals surface area contributed by atoms with Crippen molar-refractivity contribution in [3.8, 4) is 11.1 Å². The quantitative estimate of drug-likeness (QED) is 0.199. The van der Waals surface area contributed by atoms with Crippen LogP contribution in [0.3, 0.4) is 0 Å². The zero-order valence-corrected chi connectivity index (χ0v) is 23.9. The van der Waals surface area contributed by atoms with Crippen LogP contribution in [0.1, 0.15) is 0 Å². The smallest absolute Gasteiger partial charge is 0.135 e. The molecule has 9 aromatic rings. The van der Waals surface area contributed by atoms with Gasteiger partial charge in [0.15, 0.2) is 0 Å². The van der Waals surface area contributed by atoms with E-state index in [1.165, 1.54) is 43.4 Å². The summed E-state index contributed by atoms with van der Waals surface area (Å²) in [6.07, 6.45) is 0. The normalized spacial score (nSPS) is 11.6. The van der Waals surface area contributed by atoms with Crippen molar-refractivity contribution in [3.05, 3.63) is 164 Å². The molecule has 0 aliphatic heterocycles. The Morgan fingerprint density at radius 1 is 0.364 bits per heavy atom. The lowest BCUT2D eigenvalue weighted by atomic mass is 9.95. The number of rotatable bonds is 4. The second-order valence-corrected chi connectivity index (χ2v) is 11.3. The third-order valence-corrected chi connectivity index (χ3v) is 8.84. The van der Waals surface area contributed by atoms with E-state index in [1.807, 2.05) is 12.1 Å². The highest BCUT2D eigenvalue weighted by molar-refractivity contribution is 6.21. The molecular formula is C42H27NO. The van der Waals surface area contributed by atoms with Gasteiger partial charge in [0, 0.05) is 27.5 Å². The Hall–Kier alpha value is -5.86. The Kier molecular flexibility index (Phi) is 5.54. The van der Waals surface area contributed by atoms with Gasteiger partial charge in [-0.3, -0.25) is 0 Å². The van der Waals surface area contributed by atoms with Gasteiger partial charge in [-0.25, -0.2) is 0 Å². The van der Waals surface area contributed by atoms with Crippen molar-refractivity contribution in [3.63, 3.8) is 0 Å². The largest absolute Gasteiger partial charge is 0.456 e. The second kappa shape index (κ2) is 9.86. The number of hydrogen-bond acceptors (Lipinski definition) is 2. The first-order valence-electron chi connectivity index (χ1n) is 15.0. The maximum atomic E-state index is 6.21. The minimum absolute atomic E-state index is 0.893. The van der Waals surface area contributed by atoms with Crippen LogP contribution in [0.2, 0.25) is 0 Å². The molecule has 0 bridgehead atoms. The van der Waals surface area contributed by atoms with Crippen molar-refractivity contribution in [2.45, 2.75) is 0 Å². The molecule has 0 aliphatic rings. The zero-order valence-electron chi connectivity index (χ0n) is 23.9. The van der Waals surface area contributed by atoms with Gasteiger partial charge in [-0.05, 0) is 80.5 Å². The summed E-state index contributed by atoms with van der Waals surface area (Å²) in [6, 6.07) is 58.6. The monoisotopic (exact) mass is 561 g/mol. The predicted molar refractivity (Wildman–Crippen MR) is 186 cm³/mol. The van der Waals surface area contributed by atoms with Crippen LogP contribution in [0.4, 0.5) is 17.1 Å². The molecular weight excluding hydrogens is 534 g/mol. The molecule has 1 aromatic heterocycles. The SMILES string of the molecule is c1ccc(-c2ccc(N(c3ccc4oc5ccccc5c4c3)c3cccc4ccc5c6ccccc6ccc5c34)cc2)cc1. The van der Waals surface area contributed by atoms with Crippen LogP contribution < -0.4 is 4.90 Å². The van der Waals surface area contributed by atoms with Crippen LogP contribution in [-0.2, 0) is 0 Å². The molecule has 0 saturated carbocycles. The summed E-state index contributed by atoms with van der Waals surface area (Å²) in [5.41, 5.74) is 7.53. The van der Waals surface area contributed by atoms with Gasteiger partial charge in [0.05, 0.1) is 5.69 Å². The fraction of sp³-hybridized carbons (Fsp3) is 0. The Balaban J connectivity index is 1.32. The summed E-state index contributed by atoms with van der Waals surface area (Å²) < 4.78 is 6.21. The van der Waals surface area contributed by atoms with Crippen molar-refractivity contribution >= 4 is 71.3 Å². The van der Waals surface area contributed by atoms with Gasteiger partial charge < -0.3 is 9.32 Å². The van der Waals surface area contributed by atoms with Crippen LogP contribution in [-0.4, -0.2) is 0 Å². The van der Waals surface area contributed by atoms with Gasteiger partial charge in [-0.15, -0.1) is 0 Å². The first-order chi connectivity index (χ1) is 21.8. The summed E-state index contributed by atoms with van der Waals surface area (Å²) in [4.78, 5) is 2.40. The molecule has 2 nitrogen and oxygen atoms in total. The van der Waals surface area contributed by atoms with E-state index in [0.29, 0.717) is 0 Å². The summed E-state index contributed by atoms with van der Waals surface area (Å²) >= 11 is 0. The second-order valence-electron chi connectivity index (χ2n) is 11.3. The maximum Gasteiger partial charge on any atom is 0.135 e. The van der Waals surface area contributed by atoms with Gasteiger partial charge in [0.25, 0.3) is 0 Å². The van der Waals surface area contributed by atoms with E-state index in [9.17, 15) is 0 Å². The molecule has 0 saturated heterocycles. The van der Waals surface area contributed by atoms with E-state index in [0.717, 1.165) is 39.0 Å². The lowest BCUT2D eigenvalue weighted by molar-refractivity contribution is 0.669. The van der Waals surface area contributed by atoms with Crippen LogP contribution in [0.15, 0.2) is 168 Å². The molecule has 0 spiro atoms. The van der Waals surface area contributed by atoms with Crippen LogP contribution >= 0.6 is 0 Å². The van der Waals surface area contributed by atoms with Crippen molar-refractivity contribution in [1.29, 1.82) is 0 Å². The van der Waals surface area contributed by atoms with Gasteiger partial charge in [-0.2, -0.15) is 0 Å². The molecule has 0 radical (unpaired) electrons. The van der Waals surface area contributed by atoms with Crippen LogP contribution in [0, 0.1) is 0 Å². The number of para-hydroxylation sites is 1. The molecule has 0 atom stereocenters. The minimum atomic E-state index is 0.893. The average Bonchev–Trinajstić information content (AvgIpc) is 3.47. The third kappa shape index (κ3) is 3.89. The van der Waals surface area contributed by atoms with E-state index < -0.39 is 0 Å². The molecule has 8 aromatic carbocycles. The average molecular weight is 562 g/mol. The Labute approximate surface area is 255 Å². The van der Waals surface area contributed by atoms with Gasteiger partial charge >= 0.3 is 0 Å². The lowest BCUT2D eigenvalue weighted by Crippen LogP contribution is -2.10. The highest BCUT2D eigenvalue weighted by Gasteiger charge is 2.19. The fourth-order valence-corrected chi connectivity index (χ4v) is 6.76. The molecule has 9 rings (SSSR count). The number of benzene rings is 8. The molecule has 2 heteroatoms. The third-order valence-electron chi connectivity index (χ3n) is 8.84. The standard InChI is InChI=1S/C42H27NO/c1-2-9-28(10-3-1)29-17-21-32(22-18-29)43(33-23-26-41-38(27-33)36-14-6-7-16-40(36)44-41)39-15-8-12-31-20-24-35-34-13-5-4-11-30(34)19-25-37(35)42(31)39/h1-27H. The Morgan fingerprint density at radius 2 is 1.02 bits per heavy atom. The van der Waals surface area contributed by atoms with Crippen LogP contribution in [0.25, 0.3) is 65.4 Å². The summed E-state index contributed by atoms with van der Waals surface area (Å²) in [5.74, 6) is 0. The fourth-order valence-electron chi connectivity index (χ4n) is 6.76.